The summed E-state index contributed by atoms with van der Waals surface area (Å²) in [5.41, 5.74) is 1.17. The van der Waals surface area contributed by atoms with Crippen molar-refractivity contribution in [1.82, 2.24) is 15.0 Å². The van der Waals surface area contributed by atoms with Gasteiger partial charge in [0.05, 0.1) is 6.04 Å². The number of nitrogens with one attached hydrogen (secondary N) is 2. The van der Waals surface area contributed by atoms with E-state index in [4.69, 9.17) is 11.6 Å². The second kappa shape index (κ2) is 11.7. The van der Waals surface area contributed by atoms with E-state index in [-0.39, 0.29) is 11.3 Å². The van der Waals surface area contributed by atoms with Crippen molar-refractivity contribution < 1.29 is 0 Å². The van der Waals surface area contributed by atoms with Gasteiger partial charge in [-0.25, -0.2) is 0 Å². The van der Waals surface area contributed by atoms with E-state index in [2.05, 4.69) is 51.6 Å². The Morgan fingerprint density at radius 3 is 2.27 bits per heavy atom. The lowest BCUT2D eigenvalue weighted by Crippen LogP contribution is -2.12. The molecule has 1 aromatic heterocycles. The third-order valence-electron chi connectivity index (χ3n) is 4.32. The largest absolute Gasteiger partial charge is 0.354 e. The fourth-order valence-corrected chi connectivity index (χ4v) is 2.95. The summed E-state index contributed by atoms with van der Waals surface area (Å²) in [6.45, 7) is 5.16. The van der Waals surface area contributed by atoms with Gasteiger partial charge in [0.25, 0.3) is 0 Å². The van der Waals surface area contributed by atoms with Gasteiger partial charge in [-0.2, -0.15) is 15.0 Å². The number of unbranched alkanes of at least 4 members (excludes halogenated alkanes) is 6. The van der Waals surface area contributed by atoms with Gasteiger partial charge in [0.1, 0.15) is 0 Å². The molecular weight excluding hydrogens is 346 g/mol. The van der Waals surface area contributed by atoms with Crippen molar-refractivity contribution in [3.8, 4) is 0 Å². The number of rotatable bonds is 12. The first-order valence-corrected chi connectivity index (χ1v) is 10.0. The monoisotopic (exact) mass is 375 g/mol. The van der Waals surface area contributed by atoms with Crippen LogP contribution in [-0.2, 0) is 0 Å². The number of hydrogen-bond donors (Lipinski definition) is 2. The highest BCUT2D eigenvalue weighted by Crippen LogP contribution is 2.18. The van der Waals surface area contributed by atoms with Crippen molar-refractivity contribution in [2.24, 2.45) is 0 Å². The molecule has 0 unspecified atom stereocenters. The Morgan fingerprint density at radius 1 is 0.885 bits per heavy atom. The van der Waals surface area contributed by atoms with Gasteiger partial charge in [0, 0.05) is 6.54 Å². The first kappa shape index (κ1) is 20.4. The molecule has 2 aromatic rings. The molecule has 0 saturated carbocycles. The number of halogens is 1. The Bertz CT molecular complexity index is 635. The first-order chi connectivity index (χ1) is 12.7. The molecule has 1 aromatic carbocycles. The number of hydrogen-bond acceptors (Lipinski definition) is 5. The molecule has 2 N–H and O–H groups in total. The van der Waals surface area contributed by atoms with Crippen molar-refractivity contribution >= 4 is 23.5 Å². The maximum Gasteiger partial charge on any atom is 0.229 e. The summed E-state index contributed by atoms with van der Waals surface area (Å²) < 4.78 is 0. The third-order valence-corrected chi connectivity index (χ3v) is 4.49. The van der Waals surface area contributed by atoms with Crippen molar-refractivity contribution in [2.45, 2.75) is 64.8 Å². The minimum atomic E-state index is 0.0886. The summed E-state index contributed by atoms with van der Waals surface area (Å²) in [5.74, 6) is 1.02. The topological polar surface area (TPSA) is 62.7 Å². The van der Waals surface area contributed by atoms with Gasteiger partial charge in [-0.05, 0) is 30.5 Å². The van der Waals surface area contributed by atoms with Crippen LogP contribution in [0, 0.1) is 0 Å². The average Bonchev–Trinajstić information content (AvgIpc) is 2.64. The van der Waals surface area contributed by atoms with Crippen molar-refractivity contribution in [1.29, 1.82) is 0 Å². The Balaban J connectivity index is 1.78. The van der Waals surface area contributed by atoms with Crippen LogP contribution in [0.2, 0.25) is 5.28 Å². The fourth-order valence-electron chi connectivity index (χ4n) is 2.79. The van der Waals surface area contributed by atoms with E-state index in [0.717, 1.165) is 13.0 Å². The maximum absolute atomic E-state index is 6.05. The van der Waals surface area contributed by atoms with Gasteiger partial charge in [-0.3, -0.25) is 0 Å². The number of anilines is 2. The molecule has 5 nitrogen and oxygen atoms in total. The van der Waals surface area contributed by atoms with Crippen LogP contribution < -0.4 is 10.6 Å². The number of benzene rings is 1. The molecule has 142 valence electrons. The fraction of sp³-hybridized carbons (Fsp3) is 0.550. The molecular formula is C20H30ClN5. The predicted molar refractivity (Wildman–Crippen MR) is 110 cm³/mol. The lowest BCUT2D eigenvalue weighted by atomic mass is 10.1. The van der Waals surface area contributed by atoms with E-state index < -0.39 is 0 Å². The van der Waals surface area contributed by atoms with Gasteiger partial charge in [-0.1, -0.05) is 75.8 Å². The molecule has 1 heterocycles. The smallest absolute Gasteiger partial charge is 0.229 e. The molecule has 0 fully saturated rings. The molecule has 0 bridgehead atoms. The van der Waals surface area contributed by atoms with Crippen LogP contribution in [0.3, 0.4) is 0 Å². The Labute approximate surface area is 162 Å². The predicted octanol–water partition coefficient (Wildman–Crippen LogP) is 5.86. The molecule has 26 heavy (non-hydrogen) atoms. The van der Waals surface area contributed by atoms with Gasteiger partial charge >= 0.3 is 0 Å². The van der Waals surface area contributed by atoms with Crippen LogP contribution in [-0.4, -0.2) is 21.5 Å². The van der Waals surface area contributed by atoms with Crippen LogP contribution in [0.1, 0.15) is 70.4 Å². The Hall–Kier alpha value is -1.88. The molecule has 0 aliphatic heterocycles. The molecule has 0 amide bonds. The second-order valence-corrected chi connectivity index (χ2v) is 6.91. The van der Waals surface area contributed by atoms with E-state index >= 15 is 0 Å². The molecule has 0 spiro atoms. The standard InChI is InChI=1S/C20H30ClN5/c1-3-4-5-6-7-8-12-15-22-19-24-18(21)25-20(26-19)23-16(2)17-13-10-9-11-14-17/h9-11,13-14,16H,3-8,12,15H2,1-2H3,(H2,22,23,24,25,26)/t16-/m1/s1. The summed E-state index contributed by atoms with van der Waals surface area (Å²) in [6, 6.07) is 10.3. The zero-order chi connectivity index (χ0) is 18.6. The highest BCUT2D eigenvalue weighted by Gasteiger charge is 2.09. The van der Waals surface area contributed by atoms with Crippen molar-refractivity contribution in [3.05, 3.63) is 41.2 Å². The molecule has 0 saturated heterocycles. The Kier molecular flexibility index (Phi) is 9.18. The minimum absolute atomic E-state index is 0.0886. The van der Waals surface area contributed by atoms with Gasteiger partial charge in [-0.15, -0.1) is 0 Å². The quantitative estimate of drug-likeness (QED) is 0.455. The molecule has 0 aliphatic carbocycles. The summed E-state index contributed by atoms with van der Waals surface area (Å²) >= 11 is 6.05. The average molecular weight is 376 g/mol. The van der Waals surface area contributed by atoms with Gasteiger partial charge in [0.2, 0.25) is 17.2 Å². The van der Waals surface area contributed by atoms with Crippen LogP contribution >= 0.6 is 11.6 Å². The normalized spacial score (nSPS) is 12.0. The van der Waals surface area contributed by atoms with E-state index in [1.54, 1.807) is 0 Å². The lowest BCUT2D eigenvalue weighted by Gasteiger charge is -2.14. The molecule has 2 rings (SSSR count). The molecule has 6 heteroatoms. The molecule has 0 radical (unpaired) electrons. The number of nitrogens with zero attached hydrogens (tertiary/aromatic N) is 3. The first-order valence-electron chi connectivity index (χ1n) is 9.66. The van der Waals surface area contributed by atoms with Gasteiger partial charge < -0.3 is 10.6 Å². The summed E-state index contributed by atoms with van der Waals surface area (Å²) in [6.07, 6.45) is 8.95. The van der Waals surface area contributed by atoms with Crippen LogP contribution in [0.25, 0.3) is 0 Å². The lowest BCUT2D eigenvalue weighted by molar-refractivity contribution is 0.596. The minimum Gasteiger partial charge on any atom is -0.354 e. The zero-order valence-electron chi connectivity index (χ0n) is 15.8. The zero-order valence-corrected chi connectivity index (χ0v) is 16.6. The highest BCUT2D eigenvalue weighted by atomic mass is 35.5. The summed E-state index contributed by atoms with van der Waals surface area (Å²) in [4.78, 5) is 12.8. The van der Waals surface area contributed by atoms with Crippen molar-refractivity contribution in [3.63, 3.8) is 0 Å². The van der Waals surface area contributed by atoms with E-state index in [0.29, 0.717) is 11.9 Å². The Morgan fingerprint density at radius 2 is 1.54 bits per heavy atom. The molecule has 0 aliphatic rings. The molecule has 1 atom stereocenters. The SMILES string of the molecule is CCCCCCCCCNc1nc(Cl)nc(N[C@H](C)c2ccccc2)n1. The maximum atomic E-state index is 6.05. The van der Waals surface area contributed by atoms with Crippen LogP contribution in [0.15, 0.2) is 30.3 Å². The second-order valence-electron chi connectivity index (χ2n) is 6.58. The van der Waals surface area contributed by atoms with E-state index in [1.165, 1.54) is 44.1 Å². The van der Waals surface area contributed by atoms with Gasteiger partial charge in [0.15, 0.2) is 0 Å². The van der Waals surface area contributed by atoms with Crippen LogP contribution in [0.5, 0.6) is 0 Å². The van der Waals surface area contributed by atoms with E-state index in [9.17, 15) is 0 Å². The van der Waals surface area contributed by atoms with E-state index in [1.807, 2.05) is 18.2 Å². The highest BCUT2D eigenvalue weighted by molar-refractivity contribution is 6.28. The third kappa shape index (κ3) is 7.56. The van der Waals surface area contributed by atoms with Crippen LogP contribution in [0.4, 0.5) is 11.9 Å². The van der Waals surface area contributed by atoms with Crippen molar-refractivity contribution in [2.75, 3.05) is 17.2 Å². The number of aromatic nitrogens is 3. The summed E-state index contributed by atoms with van der Waals surface area (Å²) in [7, 11) is 0. The summed E-state index contributed by atoms with van der Waals surface area (Å²) in [5, 5.41) is 6.74.